The van der Waals surface area contributed by atoms with Crippen molar-refractivity contribution in [3.63, 3.8) is 0 Å². The van der Waals surface area contributed by atoms with Crippen molar-refractivity contribution < 1.29 is 12.8 Å². The fraction of sp³-hybridized carbons (Fsp3) is 0.476. The summed E-state index contributed by atoms with van der Waals surface area (Å²) in [6.07, 6.45) is 2.44. The number of hydrogen-bond donors (Lipinski definition) is 3. The lowest BCUT2D eigenvalue weighted by molar-refractivity contribution is 0.0154. The number of hydrogen-bond acceptors (Lipinski definition) is 6. The largest absolute Gasteiger partial charge is 0.469 e. The Balaban J connectivity index is 1.37. The summed E-state index contributed by atoms with van der Waals surface area (Å²) in [5.74, 6) is 1.66. The molecule has 1 unspecified atom stereocenters. The van der Waals surface area contributed by atoms with Gasteiger partial charge in [0.15, 0.2) is 5.96 Å². The molecule has 1 atom stereocenters. The summed E-state index contributed by atoms with van der Waals surface area (Å²) in [7, 11) is -3.69. The van der Waals surface area contributed by atoms with E-state index in [-0.39, 0.29) is 4.90 Å². The Morgan fingerprint density at radius 2 is 1.90 bits per heavy atom. The van der Waals surface area contributed by atoms with Gasteiger partial charge in [-0.15, -0.1) is 0 Å². The van der Waals surface area contributed by atoms with Crippen LogP contribution in [0.2, 0.25) is 0 Å². The number of furan rings is 1. The van der Waals surface area contributed by atoms with Crippen molar-refractivity contribution in [2.75, 3.05) is 45.8 Å². The van der Waals surface area contributed by atoms with E-state index in [0.717, 1.165) is 63.0 Å². The highest BCUT2D eigenvalue weighted by Crippen LogP contribution is 2.15. The van der Waals surface area contributed by atoms with Gasteiger partial charge in [-0.05, 0) is 29.8 Å². The molecule has 2 bridgehead atoms. The van der Waals surface area contributed by atoms with Gasteiger partial charge in [0, 0.05) is 58.3 Å². The Labute approximate surface area is 183 Å². The third kappa shape index (κ3) is 6.07. The van der Waals surface area contributed by atoms with Crippen molar-refractivity contribution >= 4 is 16.0 Å². The van der Waals surface area contributed by atoms with Gasteiger partial charge in [0.05, 0.1) is 17.7 Å². The van der Waals surface area contributed by atoms with E-state index in [4.69, 9.17) is 14.5 Å². The molecule has 10 heteroatoms. The van der Waals surface area contributed by atoms with E-state index in [1.54, 1.807) is 18.4 Å². The van der Waals surface area contributed by atoms with Crippen LogP contribution in [0.25, 0.3) is 0 Å². The Kier molecular flexibility index (Phi) is 6.91. The number of primary sulfonamides is 1. The minimum absolute atomic E-state index is 0.103. The number of benzene rings is 1. The van der Waals surface area contributed by atoms with Crippen LogP contribution in [0.1, 0.15) is 11.3 Å². The number of nitrogens with two attached hydrogens (primary N) is 1. The maximum absolute atomic E-state index is 11.4. The molecule has 4 heterocycles. The zero-order chi connectivity index (χ0) is 21.7. The van der Waals surface area contributed by atoms with Crippen LogP contribution < -0.4 is 15.8 Å². The quantitative estimate of drug-likeness (QED) is 0.392. The van der Waals surface area contributed by atoms with Gasteiger partial charge in [-0.1, -0.05) is 12.1 Å². The van der Waals surface area contributed by atoms with Gasteiger partial charge in [-0.25, -0.2) is 18.5 Å². The average Bonchev–Trinajstić information content (AvgIpc) is 3.29. The standard InChI is InChI=1S/C21H30N6O3S/c22-31(28,29)20-5-3-17(4-6-20)14-24-21(23-8-7-19-2-1-13-30-19)25-15-18-16-26-9-11-27(18)12-10-26/h1-6,13,18H,7-12,14-16H2,(H2,22,28,29)(H2,23,24,25). The molecule has 9 nitrogen and oxygen atoms in total. The molecule has 1 aromatic heterocycles. The second kappa shape index (κ2) is 9.82. The number of nitrogens with one attached hydrogen (secondary N) is 2. The molecular weight excluding hydrogens is 416 g/mol. The molecule has 168 valence electrons. The Morgan fingerprint density at radius 3 is 2.52 bits per heavy atom. The highest BCUT2D eigenvalue weighted by Gasteiger charge is 2.31. The van der Waals surface area contributed by atoms with Crippen LogP contribution in [0, 0.1) is 0 Å². The van der Waals surface area contributed by atoms with E-state index >= 15 is 0 Å². The maximum Gasteiger partial charge on any atom is 0.238 e. The maximum atomic E-state index is 11.4. The fourth-order valence-corrected chi connectivity index (χ4v) is 4.54. The van der Waals surface area contributed by atoms with E-state index in [9.17, 15) is 8.42 Å². The lowest BCUT2D eigenvalue weighted by atomic mass is 10.1. The second-order valence-corrected chi connectivity index (χ2v) is 9.54. The molecule has 0 radical (unpaired) electrons. The number of guanidine groups is 1. The Hall–Kier alpha value is -2.40. The van der Waals surface area contributed by atoms with Gasteiger partial charge < -0.3 is 15.1 Å². The Morgan fingerprint density at radius 1 is 1.13 bits per heavy atom. The van der Waals surface area contributed by atoms with Crippen LogP contribution in [0.4, 0.5) is 0 Å². The minimum atomic E-state index is -3.69. The molecule has 1 aromatic carbocycles. The molecular formula is C21H30N6O3S. The molecule has 2 aromatic rings. The Bertz CT molecular complexity index is 967. The number of sulfonamides is 1. The normalized spacial score (nSPS) is 23.6. The third-order valence-corrected chi connectivity index (χ3v) is 6.74. The topological polar surface area (TPSA) is 116 Å². The molecule has 3 saturated heterocycles. The van der Waals surface area contributed by atoms with Crippen molar-refractivity contribution in [3.05, 3.63) is 54.0 Å². The van der Waals surface area contributed by atoms with E-state index in [2.05, 4.69) is 20.4 Å². The van der Waals surface area contributed by atoms with Gasteiger partial charge in [0.2, 0.25) is 10.0 Å². The van der Waals surface area contributed by atoms with Crippen LogP contribution in [-0.2, 0) is 23.0 Å². The fourth-order valence-electron chi connectivity index (χ4n) is 4.02. The molecule has 5 rings (SSSR count). The van der Waals surface area contributed by atoms with Gasteiger partial charge in [0.1, 0.15) is 5.76 Å². The molecule has 0 amide bonds. The zero-order valence-electron chi connectivity index (χ0n) is 17.5. The monoisotopic (exact) mass is 446 g/mol. The van der Waals surface area contributed by atoms with E-state index < -0.39 is 10.0 Å². The van der Waals surface area contributed by atoms with Crippen molar-refractivity contribution in [1.29, 1.82) is 0 Å². The highest BCUT2D eigenvalue weighted by atomic mass is 32.2. The summed E-state index contributed by atoms with van der Waals surface area (Å²) >= 11 is 0. The number of piperazine rings is 3. The molecule has 4 N–H and O–H groups in total. The van der Waals surface area contributed by atoms with Gasteiger partial charge >= 0.3 is 0 Å². The van der Waals surface area contributed by atoms with E-state index in [1.165, 1.54) is 12.1 Å². The zero-order valence-corrected chi connectivity index (χ0v) is 18.4. The van der Waals surface area contributed by atoms with Gasteiger partial charge in [-0.3, -0.25) is 9.80 Å². The molecule has 3 aliphatic heterocycles. The molecule has 0 spiro atoms. The van der Waals surface area contributed by atoms with Crippen molar-refractivity contribution in [3.8, 4) is 0 Å². The molecule has 0 aliphatic carbocycles. The summed E-state index contributed by atoms with van der Waals surface area (Å²) < 4.78 is 28.3. The molecule has 3 fully saturated rings. The highest BCUT2D eigenvalue weighted by molar-refractivity contribution is 7.89. The SMILES string of the molecule is NS(=O)(=O)c1ccc(CN=C(NCCc2ccco2)NCC2CN3CCN2CC3)cc1. The molecule has 3 aliphatic rings. The summed E-state index contributed by atoms with van der Waals surface area (Å²) in [5, 5.41) is 12.0. The third-order valence-electron chi connectivity index (χ3n) is 5.81. The van der Waals surface area contributed by atoms with Crippen LogP contribution in [0.3, 0.4) is 0 Å². The van der Waals surface area contributed by atoms with Crippen LogP contribution in [0.5, 0.6) is 0 Å². The first-order chi connectivity index (χ1) is 15.0. The number of rotatable bonds is 8. The van der Waals surface area contributed by atoms with Crippen LogP contribution in [-0.4, -0.2) is 76.0 Å². The summed E-state index contributed by atoms with van der Waals surface area (Å²) in [6.45, 7) is 7.61. The molecule has 31 heavy (non-hydrogen) atoms. The number of aliphatic imine (C=N–C) groups is 1. The first-order valence-electron chi connectivity index (χ1n) is 10.6. The predicted molar refractivity (Wildman–Crippen MR) is 119 cm³/mol. The first-order valence-corrected chi connectivity index (χ1v) is 12.1. The van der Waals surface area contributed by atoms with E-state index in [0.29, 0.717) is 19.1 Å². The van der Waals surface area contributed by atoms with Gasteiger partial charge in [-0.2, -0.15) is 0 Å². The molecule has 0 saturated carbocycles. The first kappa shape index (κ1) is 21.8. The van der Waals surface area contributed by atoms with Crippen molar-refractivity contribution in [1.82, 2.24) is 20.4 Å². The van der Waals surface area contributed by atoms with Crippen LogP contribution >= 0.6 is 0 Å². The lowest BCUT2D eigenvalue weighted by Gasteiger charge is -2.47. The van der Waals surface area contributed by atoms with Crippen molar-refractivity contribution in [2.24, 2.45) is 10.1 Å². The predicted octanol–water partition coefficient (Wildman–Crippen LogP) is 0.205. The van der Waals surface area contributed by atoms with Crippen molar-refractivity contribution in [2.45, 2.75) is 23.9 Å². The summed E-state index contributed by atoms with van der Waals surface area (Å²) in [4.78, 5) is 9.86. The second-order valence-electron chi connectivity index (χ2n) is 7.98. The summed E-state index contributed by atoms with van der Waals surface area (Å²) in [5.41, 5.74) is 0.908. The minimum Gasteiger partial charge on any atom is -0.469 e. The van der Waals surface area contributed by atoms with Crippen LogP contribution in [0.15, 0.2) is 57.0 Å². The lowest BCUT2D eigenvalue weighted by Crippen LogP contribution is -2.63. The number of fused-ring (bicyclic) bond motifs is 3. The van der Waals surface area contributed by atoms with Gasteiger partial charge in [0.25, 0.3) is 0 Å². The average molecular weight is 447 g/mol. The number of nitrogens with zero attached hydrogens (tertiary/aromatic N) is 3. The smallest absolute Gasteiger partial charge is 0.238 e. The summed E-state index contributed by atoms with van der Waals surface area (Å²) in [6, 6.07) is 10.8. The van der Waals surface area contributed by atoms with E-state index in [1.807, 2.05) is 12.1 Å².